The number of nitrogens with zero attached hydrogens (tertiary/aromatic N) is 3. The van der Waals surface area contributed by atoms with Crippen LogP contribution in [-0.2, 0) is 4.79 Å². The van der Waals surface area contributed by atoms with E-state index in [4.69, 9.17) is 0 Å². The third-order valence-electron chi connectivity index (χ3n) is 2.68. The molecule has 2 heterocycles. The first-order valence-corrected chi connectivity index (χ1v) is 8.38. The summed E-state index contributed by atoms with van der Waals surface area (Å²) in [6.45, 7) is 0. The van der Waals surface area contributed by atoms with Crippen molar-refractivity contribution in [3.63, 3.8) is 0 Å². The van der Waals surface area contributed by atoms with Crippen LogP contribution < -0.4 is 10.9 Å². The molecule has 2 aromatic heterocycles. The molecular weight excluding hydrogens is 334 g/mol. The number of carbonyl (C=O) groups is 1. The Morgan fingerprint density at radius 2 is 2.04 bits per heavy atom. The Morgan fingerprint density at radius 3 is 2.83 bits per heavy atom. The minimum absolute atomic E-state index is 0.118. The monoisotopic (exact) mass is 345 g/mol. The van der Waals surface area contributed by atoms with E-state index >= 15 is 0 Å². The standard InChI is InChI=1S/C14H11N5O2S2/c20-10-6-7-15-13(16-10)22-8-11(21)17-14-19-18-12(23-14)9-4-2-1-3-5-9/h1-7H,8H2,(H,15,16,20)(H,17,19,21). The van der Waals surface area contributed by atoms with E-state index in [1.54, 1.807) is 0 Å². The Kier molecular flexibility index (Phi) is 4.79. The predicted molar refractivity (Wildman–Crippen MR) is 89.6 cm³/mol. The van der Waals surface area contributed by atoms with Gasteiger partial charge < -0.3 is 4.98 Å². The zero-order chi connectivity index (χ0) is 16.1. The molecule has 0 atom stereocenters. The molecule has 0 bridgehead atoms. The fourth-order valence-corrected chi connectivity index (χ4v) is 3.10. The average Bonchev–Trinajstić information content (AvgIpc) is 3.02. The summed E-state index contributed by atoms with van der Waals surface area (Å²) < 4.78 is 0. The topological polar surface area (TPSA) is 101 Å². The van der Waals surface area contributed by atoms with Crippen LogP contribution in [0.5, 0.6) is 0 Å². The van der Waals surface area contributed by atoms with Crippen LogP contribution in [0.1, 0.15) is 0 Å². The largest absolute Gasteiger partial charge is 0.301 e. The molecule has 9 heteroatoms. The fraction of sp³-hybridized carbons (Fsp3) is 0.0714. The number of hydrogen-bond donors (Lipinski definition) is 2. The van der Waals surface area contributed by atoms with Crippen molar-refractivity contribution in [1.82, 2.24) is 20.2 Å². The molecule has 0 unspecified atom stereocenters. The van der Waals surface area contributed by atoms with Crippen molar-refractivity contribution in [1.29, 1.82) is 0 Å². The molecule has 7 nitrogen and oxygen atoms in total. The first-order chi connectivity index (χ1) is 11.2. The maximum absolute atomic E-state index is 11.9. The van der Waals surface area contributed by atoms with E-state index in [1.165, 1.54) is 23.6 Å². The van der Waals surface area contributed by atoms with Gasteiger partial charge in [-0.05, 0) is 0 Å². The maximum atomic E-state index is 11.9. The van der Waals surface area contributed by atoms with Gasteiger partial charge in [0.25, 0.3) is 5.56 Å². The van der Waals surface area contributed by atoms with Crippen molar-refractivity contribution in [2.75, 3.05) is 11.1 Å². The lowest BCUT2D eigenvalue weighted by molar-refractivity contribution is -0.113. The second-order valence-corrected chi connectivity index (χ2v) is 6.30. The molecule has 0 saturated heterocycles. The number of benzene rings is 1. The lowest BCUT2D eigenvalue weighted by Crippen LogP contribution is -2.15. The normalized spacial score (nSPS) is 10.4. The lowest BCUT2D eigenvalue weighted by atomic mass is 10.2. The summed E-state index contributed by atoms with van der Waals surface area (Å²) in [7, 11) is 0. The zero-order valence-electron chi connectivity index (χ0n) is 11.7. The number of nitrogens with one attached hydrogen (secondary N) is 2. The summed E-state index contributed by atoms with van der Waals surface area (Å²) in [5, 5.41) is 12.3. The highest BCUT2D eigenvalue weighted by molar-refractivity contribution is 7.99. The molecule has 1 aromatic carbocycles. The molecule has 0 aliphatic heterocycles. The van der Waals surface area contributed by atoms with Gasteiger partial charge in [-0.2, -0.15) is 0 Å². The number of amides is 1. The fourth-order valence-electron chi connectivity index (χ4n) is 1.69. The Bertz CT molecular complexity index is 863. The highest BCUT2D eigenvalue weighted by Crippen LogP contribution is 2.26. The molecule has 0 saturated carbocycles. The highest BCUT2D eigenvalue weighted by atomic mass is 32.2. The Balaban J connectivity index is 1.58. The molecule has 0 aliphatic rings. The van der Waals surface area contributed by atoms with Crippen LogP contribution in [-0.4, -0.2) is 31.8 Å². The van der Waals surface area contributed by atoms with Gasteiger partial charge >= 0.3 is 0 Å². The van der Waals surface area contributed by atoms with E-state index in [2.05, 4.69) is 25.5 Å². The van der Waals surface area contributed by atoms with Crippen LogP contribution in [0.25, 0.3) is 10.6 Å². The van der Waals surface area contributed by atoms with Crippen molar-refractivity contribution in [3.05, 3.63) is 52.9 Å². The minimum Gasteiger partial charge on any atom is -0.301 e. The van der Waals surface area contributed by atoms with E-state index in [0.717, 1.165) is 22.3 Å². The highest BCUT2D eigenvalue weighted by Gasteiger charge is 2.10. The van der Waals surface area contributed by atoms with Crippen molar-refractivity contribution in [3.8, 4) is 10.6 Å². The Labute approximate surface area is 139 Å². The van der Waals surface area contributed by atoms with E-state index < -0.39 is 0 Å². The molecular formula is C14H11N5O2S2. The number of H-pyrrole nitrogens is 1. The summed E-state index contributed by atoms with van der Waals surface area (Å²) in [6.07, 6.45) is 1.40. The number of aromatic amines is 1. The first-order valence-electron chi connectivity index (χ1n) is 6.57. The SMILES string of the molecule is O=C(CSc1nccc(=O)[nH]1)Nc1nnc(-c2ccccc2)s1. The van der Waals surface area contributed by atoms with Gasteiger partial charge in [-0.15, -0.1) is 10.2 Å². The summed E-state index contributed by atoms with van der Waals surface area (Å²) in [5.41, 5.74) is 0.700. The van der Waals surface area contributed by atoms with Crippen molar-refractivity contribution in [2.24, 2.45) is 0 Å². The van der Waals surface area contributed by atoms with Crippen molar-refractivity contribution in [2.45, 2.75) is 5.16 Å². The number of thioether (sulfide) groups is 1. The van der Waals surface area contributed by atoms with Crippen molar-refractivity contribution < 1.29 is 4.79 Å². The summed E-state index contributed by atoms with van der Waals surface area (Å²) in [4.78, 5) is 29.5. The molecule has 23 heavy (non-hydrogen) atoms. The molecule has 2 N–H and O–H groups in total. The van der Waals surface area contributed by atoms with Gasteiger partial charge in [0.1, 0.15) is 5.01 Å². The third-order valence-corrected chi connectivity index (χ3v) is 4.46. The predicted octanol–water partition coefficient (Wildman–Crippen LogP) is 2.02. The number of hydrogen-bond acceptors (Lipinski definition) is 7. The second kappa shape index (κ2) is 7.16. The zero-order valence-corrected chi connectivity index (χ0v) is 13.4. The van der Waals surface area contributed by atoms with Crippen LogP contribution in [0.3, 0.4) is 0 Å². The molecule has 0 fully saturated rings. The molecule has 0 radical (unpaired) electrons. The van der Waals surface area contributed by atoms with Gasteiger partial charge in [-0.1, -0.05) is 53.4 Å². The van der Waals surface area contributed by atoms with E-state index in [9.17, 15) is 9.59 Å². The van der Waals surface area contributed by atoms with E-state index in [0.29, 0.717) is 10.3 Å². The van der Waals surface area contributed by atoms with Crippen molar-refractivity contribution >= 4 is 34.1 Å². The quantitative estimate of drug-likeness (QED) is 0.542. The van der Waals surface area contributed by atoms with E-state index in [-0.39, 0.29) is 17.2 Å². The first kappa shape index (κ1) is 15.4. The van der Waals surface area contributed by atoms with Crippen LogP contribution in [0.15, 0.2) is 52.5 Å². The maximum Gasteiger partial charge on any atom is 0.251 e. The minimum atomic E-state index is -0.250. The Hall–Kier alpha value is -2.52. The third kappa shape index (κ3) is 4.24. The van der Waals surface area contributed by atoms with Gasteiger partial charge in [0.15, 0.2) is 5.16 Å². The second-order valence-electron chi connectivity index (χ2n) is 4.35. The van der Waals surface area contributed by atoms with Gasteiger partial charge in [0.2, 0.25) is 11.0 Å². The molecule has 3 aromatic rings. The lowest BCUT2D eigenvalue weighted by Gasteiger charge is -2.00. The summed E-state index contributed by atoms with van der Waals surface area (Å²) >= 11 is 2.44. The molecule has 0 spiro atoms. The van der Waals surface area contributed by atoms with Crippen LogP contribution in [0.2, 0.25) is 0 Å². The number of anilines is 1. The van der Waals surface area contributed by atoms with Gasteiger partial charge in [0.05, 0.1) is 5.75 Å². The molecule has 1 amide bonds. The molecule has 3 rings (SSSR count). The summed E-state index contributed by atoms with van der Waals surface area (Å²) in [5.74, 6) is -0.120. The van der Waals surface area contributed by atoms with Gasteiger partial charge in [-0.3, -0.25) is 14.9 Å². The molecule has 0 aliphatic carbocycles. The van der Waals surface area contributed by atoms with Crippen LogP contribution >= 0.6 is 23.1 Å². The van der Waals surface area contributed by atoms with Crippen LogP contribution in [0.4, 0.5) is 5.13 Å². The molecule has 116 valence electrons. The smallest absolute Gasteiger partial charge is 0.251 e. The number of rotatable bonds is 5. The number of aromatic nitrogens is 4. The average molecular weight is 345 g/mol. The van der Waals surface area contributed by atoms with Gasteiger partial charge in [0, 0.05) is 17.8 Å². The van der Waals surface area contributed by atoms with Crippen LogP contribution in [0, 0.1) is 0 Å². The Morgan fingerprint density at radius 1 is 1.22 bits per heavy atom. The van der Waals surface area contributed by atoms with E-state index in [1.807, 2.05) is 30.3 Å². The number of carbonyl (C=O) groups excluding carboxylic acids is 1. The summed E-state index contributed by atoms with van der Waals surface area (Å²) in [6, 6.07) is 10.9. The van der Waals surface area contributed by atoms with Gasteiger partial charge in [-0.25, -0.2) is 4.98 Å².